The van der Waals surface area contributed by atoms with E-state index in [2.05, 4.69) is 17.1 Å². The first-order valence-corrected chi connectivity index (χ1v) is 7.49. The Hall–Kier alpha value is -0.480. The van der Waals surface area contributed by atoms with Crippen molar-refractivity contribution in [1.29, 1.82) is 0 Å². The quantitative estimate of drug-likeness (QED) is 0.838. The van der Waals surface area contributed by atoms with Crippen LogP contribution in [0.2, 0.25) is 10.0 Å². The second kappa shape index (κ2) is 7.34. The third-order valence-electron chi connectivity index (χ3n) is 3.33. The van der Waals surface area contributed by atoms with Gasteiger partial charge < -0.3 is 10.1 Å². The van der Waals surface area contributed by atoms with Crippen LogP contribution in [0.15, 0.2) is 18.2 Å². The van der Waals surface area contributed by atoms with Gasteiger partial charge in [-0.25, -0.2) is 0 Å². The normalized spacial score (nSPS) is 15.6. The molecule has 0 radical (unpaired) electrons. The number of halogens is 2. The molecular formula is C14H20Cl2N2O. The average molecular weight is 303 g/mol. The first-order valence-electron chi connectivity index (χ1n) is 6.74. The van der Waals surface area contributed by atoms with Crippen LogP contribution in [0, 0.1) is 0 Å². The molecule has 2 rings (SSSR count). The molecule has 1 heterocycles. The third kappa shape index (κ3) is 3.99. The number of rotatable bonds is 7. The second-order valence-corrected chi connectivity index (χ2v) is 5.56. The Kier molecular flexibility index (Phi) is 5.76. The number of hydrogen-bond acceptors (Lipinski definition) is 3. The van der Waals surface area contributed by atoms with Crippen LogP contribution in [0.5, 0.6) is 5.75 Å². The summed E-state index contributed by atoms with van der Waals surface area (Å²) in [6.45, 7) is 6.97. The van der Waals surface area contributed by atoms with E-state index in [0.29, 0.717) is 28.4 Å². The Bertz CT molecular complexity index is 390. The van der Waals surface area contributed by atoms with Crippen LogP contribution < -0.4 is 10.1 Å². The molecule has 1 fully saturated rings. The third-order valence-corrected chi connectivity index (χ3v) is 3.93. The molecule has 0 amide bonds. The van der Waals surface area contributed by atoms with Crippen LogP contribution >= 0.6 is 23.2 Å². The fourth-order valence-corrected chi connectivity index (χ4v) is 2.69. The lowest BCUT2D eigenvalue weighted by atomic mass is 10.1. The summed E-state index contributed by atoms with van der Waals surface area (Å²) >= 11 is 12.1. The van der Waals surface area contributed by atoms with E-state index in [9.17, 15) is 0 Å². The van der Waals surface area contributed by atoms with Crippen LogP contribution in [0.1, 0.15) is 13.3 Å². The van der Waals surface area contributed by atoms with Gasteiger partial charge in [0, 0.05) is 25.7 Å². The Morgan fingerprint density at radius 1 is 1.26 bits per heavy atom. The predicted octanol–water partition coefficient (Wildman–Crippen LogP) is 3.06. The van der Waals surface area contributed by atoms with Crippen molar-refractivity contribution in [2.75, 3.05) is 32.8 Å². The van der Waals surface area contributed by atoms with E-state index in [4.69, 9.17) is 27.9 Å². The molecule has 1 saturated heterocycles. The molecule has 1 aromatic carbocycles. The van der Waals surface area contributed by atoms with Crippen molar-refractivity contribution in [3.63, 3.8) is 0 Å². The minimum absolute atomic E-state index is 0.569. The van der Waals surface area contributed by atoms with Gasteiger partial charge in [-0.15, -0.1) is 0 Å². The van der Waals surface area contributed by atoms with E-state index in [1.54, 1.807) is 12.1 Å². The molecule has 1 aliphatic rings. The molecular weight excluding hydrogens is 283 g/mol. The number of benzene rings is 1. The minimum Gasteiger partial charge on any atom is -0.489 e. The Balaban J connectivity index is 1.84. The summed E-state index contributed by atoms with van der Waals surface area (Å²) in [6, 6.07) is 6.05. The summed E-state index contributed by atoms with van der Waals surface area (Å²) in [6.07, 6.45) is 1.16. The van der Waals surface area contributed by atoms with E-state index in [0.717, 1.165) is 32.6 Å². The molecule has 1 aliphatic heterocycles. The summed E-state index contributed by atoms with van der Waals surface area (Å²) in [4.78, 5) is 2.46. The van der Waals surface area contributed by atoms with E-state index in [1.807, 2.05) is 6.07 Å². The van der Waals surface area contributed by atoms with Gasteiger partial charge in [0.15, 0.2) is 5.75 Å². The number of nitrogens with one attached hydrogen (secondary N) is 1. The van der Waals surface area contributed by atoms with Gasteiger partial charge in [0.25, 0.3) is 0 Å². The first-order chi connectivity index (χ1) is 9.22. The van der Waals surface area contributed by atoms with Crippen molar-refractivity contribution < 1.29 is 4.74 Å². The lowest BCUT2D eigenvalue weighted by Gasteiger charge is -2.38. The monoisotopic (exact) mass is 302 g/mol. The molecule has 0 aromatic heterocycles. The first kappa shape index (κ1) is 14.9. The summed E-state index contributed by atoms with van der Waals surface area (Å²) in [5.41, 5.74) is 0. The zero-order chi connectivity index (χ0) is 13.7. The van der Waals surface area contributed by atoms with Gasteiger partial charge >= 0.3 is 0 Å². The topological polar surface area (TPSA) is 24.5 Å². The largest absolute Gasteiger partial charge is 0.489 e. The number of ether oxygens (including phenoxy) is 1. The molecule has 19 heavy (non-hydrogen) atoms. The molecule has 106 valence electrons. The predicted molar refractivity (Wildman–Crippen MR) is 80.5 cm³/mol. The van der Waals surface area contributed by atoms with Gasteiger partial charge in [-0.1, -0.05) is 36.2 Å². The van der Waals surface area contributed by atoms with Gasteiger partial charge in [-0.3, -0.25) is 4.90 Å². The van der Waals surface area contributed by atoms with Crippen molar-refractivity contribution in [3.05, 3.63) is 28.2 Å². The zero-order valence-corrected chi connectivity index (χ0v) is 12.7. The molecule has 0 saturated carbocycles. The standard InChI is InChI=1S/C14H20Cl2N2O/c1-2-6-18(11-9-17-10-11)7-8-19-14-12(15)4-3-5-13(14)16/h3-5,11,17H,2,6-10H2,1H3. The van der Waals surface area contributed by atoms with Crippen LogP contribution in [-0.4, -0.2) is 43.7 Å². The van der Waals surface area contributed by atoms with Crippen molar-refractivity contribution in [2.24, 2.45) is 0 Å². The fourth-order valence-electron chi connectivity index (χ4n) is 2.18. The van der Waals surface area contributed by atoms with Crippen LogP contribution in [0.4, 0.5) is 0 Å². The van der Waals surface area contributed by atoms with Crippen molar-refractivity contribution in [3.8, 4) is 5.75 Å². The second-order valence-electron chi connectivity index (χ2n) is 4.75. The van der Waals surface area contributed by atoms with Crippen molar-refractivity contribution in [1.82, 2.24) is 10.2 Å². The van der Waals surface area contributed by atoms with Crippen LogP contribution in [0.25, 0.3) is 0 Å². The lowest BCUT2D eigenvalue weighted by molar-refractivity contribution is 0.122. The fraction of sp³-hybridized carbons (Fsp3) is 0.571. The lowest BCUT2D eigenvalue weighted by Crippen LogP contribution is -2.58. The molecule has 1 N–H and O–H groups in total. The average Bonchev–Trinajstić information content (AvgIpc) is 2.31. The number of nitrogens with zero attached hydrogens (tertiary/aromatic N) is 1. The number of para-hydroxylation sites is 1. The van der Waals surface area contributed by atoms with E-state index in [-0.39, 0.29) is 0 Å². The van der Waals surface area contributed by atoms with E-state index >= 15 is 0 Å². The Labute approximate surface area is 124 Å². The smallest absolute Gasteiger partial charge is 0.156 e. The van der Waals surface area contributed by atoms with Gasteiger partial charge in [0.1, 0.15) is 6.61 Å². The zero-order valence-electron chi connectivity index (χ0n) is 11.2. The molecule has 3 nitrogen and oxygen atoms in total. The molecule has 0 bridgehead atoms. The maximum atomic E-state index is 6.07. The maximum absolute atomic E-state index is 6.07. The van der Waals surface area contributed by atoms with Crippen molar-refractivity contribution in [2.45, 2.75) is 19.4 Å². The highest BCUT2D eigenvalue weighted by molar-refractivity contribution is 6.37. The highest BCUT2D eigenvalue weighted by Gasteiger charge is 2.23. The minimum atomic E-state index is 0.569. The van der Waals surface area contributed by atoms with Crippen molar-refractivity contribution >= 4 is 23.2 Å². The van der Waals surface area contributed by atoms with Crippen LogP contribution in [0.3, 0.4) is 0 Å². The van der Waals surface area contributed by atoms with Gasteiger partial charge in [0.2, 0.25) is 0 Å². The maximum Gasteiger partial charge on any atom is 0.156 e. The SMILES string of the molecule is CCCN(CCOc1c(Cl)cccc1Cl)C1CNC1. The highest BCUT2D eigenvalue weighted by atomic mass is 35.5. The van der Waals surface area contributed by atoms with Gasteiger partial charge in [-0.05, 0) is 25.1 Å². The summed E-state index contributed by atoms with van der Waals surface area (Å²) in [5.74, 6) is 0.592. The molecule has 5 heteroatoms. The van der Waals surface area contributed by atoms with Crippen LogP contribution in [-0.2, 0) is 0 Å². The Morgan fingerprint density at radius 3 is 2.47 bits per heavy atom. The number of hydrogen-bond donors (Lipinski definition) is 1. The van der Waals surface area contributed by atoms with Gasteiger partial charge in [-0.2, -0.15) is 0 Å². The Morgan fingerprint density at radius 2 is 1.95 bits per heavy atom. The summed E-state index contributed by atoms with van der Waals surface area (Å²) < 4.78 is 5.74. The molecule has 0 spiro atoms. The van der Waals surface area contributed by atoms with E-state index < -0.39 is 0 Å². The highest BCUT2D eigenvalue weighted by Crippen LogP contribution is 2.32. The molecule has 1 aromatic rings. The molecule has 0 atom stereocenters. The molecule has 0 aliphatic carbocycles. The summed E-state index contributed by atoms with van der Waals surface area (Å²) in [7, 11) is 0. The molecule has 0 unspecified atom stereocenters. The van der Waals surface area contributed by atoms with Gasteiger partial charge in [0.05, 0.1) is 10.0 Å². The summed E-state index contributed by atoms with van der Waals surface area (Å²) in [5, 5.41) is 4.44. The van der Waals surface area contributed by atoms with E-state index in [1.165, 1.54) is 0 Å².